The molecule has 1 saturated heterocycles. The summed E-state index contributed by atoms with van der Waals surface area (Å²) < 4.78 is 0. The molecule has 2 amide bonds. The summed E-state index contributed by atoms with van der Waals surface area (Å²) >= 11 is 0. The molecule has 0 aliphatic carbocycles. The first-order valence-electron chi connectivity index (χ1n) is 8.34. The number of likely N-dealkylation sites (tertiary alicyclic amines) is 1. The molecule has 24 heavy (non-hydrogen) atoms. The van der Waals surface area contributed by atoms with Crippen LogP contribution in [-0.4, -0.2) is 29.3 Å². The molecule has 0 unspecified atom stereocenters. The van der Waals surface area contributed by atoms with Gasteiger partial charge in [-0.15, -0.1) is 0 Å². The Morgan fingerprint density at radius 2 is 1.79 bits per heavy atom. The van der Waals surface area contributed by atoms with Crippen molar-refractivity contribution in [2.45, 2.75) is 32.4 Å². The van der Waals surface area contributed by atoms with Gasteiger partial charge in [0.1, 0.15) is 6.04 Å². The number of carbonyl (C=O) groups excluding carboxylic acids is 2. The Balaban J connectivity index is 1.65. The maximum Gasteiger partial charge on any atom is 0.254 e. The van der Waals surface area contributed by atoms with Gasteiger partial charge in [0, 0.05) is 18.7 Å². The van der Waals surface area contributed by atoms with Gasteiger partial charge in [0.25, 0.3) is 5.91 Å². The van der Waals surface area contributed by atoms with E-state index in [0.717, 1.165) is 24.0 Å². The molecule has 0 saturated carbocycles. The predicted octanol–water partition coefficient (Wildman–Crippen LogP) is 2.92. The summed E-state index contributed by atoms with van der Waals surface area (Å²) in [4.78, 5) is 26.9. The van der Waals surface area contributed by atoms with Crippen molar-refractivity contribution in [3.05, 3.63) is 71.3 Å². The van der Waals surface area contributed by atoms with Gasteiger partial charge >= 0.3 is 0 Å². The zero-order valence-electron chi connectivity index (χ0n) is 13.9. The van der Waals surface area contributed by atoms with Crippen molar-refractivity contribution in [1.29, 1.82) is 0 Å². The summed E-state index contributed by atoms with van der Waals surface area (Å²) in [6, 6.07) is 16.9. The fraction of sp³-hybridized carbons (Fsp3) is 0.300. The highest BCUT2D eigenvalue weighted by Crippen LogP contribution is 2.20. The van der Waals surface area contributed by atoms with Crippen LogP contribution in [0.3, 0.4) is 0 Å². The van der Waals surface area contributed by atoms with Gasteiger partial charge in [0.05, 0.1) is 0 Å². The fourth-order valence-corrected chi connectivity index (χ4v) is 3.05. The third-order valence-electron chi connectivity index (χ3n) is 4.42. The highest BCUT2D eigenvalue weighted by atomic mass is 16.2. The first-order valence-corrected chi connectivity index (χ1v) is 8.34. The Labute approximate surface area is 142 Å². The number of benzene rings is 2. The maximum absolute atomic E-state index is 12.7. The Hall–Kier alpha value is -2.62. The third kappa shape index (κ3) is 3.65. The van der Waals surface area contributed by atoms with Crippen molar-refractivity contribution in [2.24, 2.45) is 0 Å². The van der Waals surface area contributed by atoms with Crippen LogP contribution in [0.15, 0.2) is 54.6 Å². The van der Waals surface area contributed by atoms with Crippen LogP contribution in [0.2, 0.25) is 0 Å². The minimum Gasteiger partial charge on any atom is -0.350 e. The molecule has 1 aliphatic heterocycles. The molecule has 4 nitrogen and oxygen atoms in total. The average molecular weight is 322 g/mol. The molecule has 1 heterocycles. The molecule has 1 aliphatic rings. The van der Waals surface area contributed by atoms with Crippen LogP contribution in [0, 0.1) is 6.92 Å². The molecule has 0 spiro atoms. The molecule has 2 aromatic carbocycles. The van der Waals surface area contributed by atoms with Gasteiger partial charge in [-0.2, -0.15) is 0 Å². The number of aryl methyl sites for hydroxylation is 1. The molecule has 0 radical (unpaired) electrons. The van der Waals surface area contributed by atoms with Gasteiger partial charge in [-0.3, -0.25) is 9.59 Å². The van der Waals surface area contributed by atoms with Gasteiger partial charge < -0.3 is 10.2 Å². The number of nitrogens with zero attached hydrogens (tertiary/aromatic N) is 1. The number of carbonyl (C=O) groups is 2. The zero-order valence-corrected chi connectivity index (χ0v) is 13.9. The van der Waals surface area contributed by atoms with E-state index >= 15 is 0 Å². The molecule has 1 atom stereocenters. The summed E-state index contributed by atoms with van der Waals surface area (Å²) in [5.74, 6) is -0.135. The minimum absolute atomic E-state index is 0.0626. The van der Waals surface area contributed by atoms with Crippen LogP contribution in [-0.2, 0) is 11.3 Å². The number of amides is 2. The van der Waals surface area contributed by atoms with E-state index in [4.69, 9.17) is 0 Å². The van der Waals surface area contributed by atoms with Gasteiger partial charge in [-0.25, -0.2) is 0 Å². The molecular weight excluding hydrogens is 300 g/mol. The smallest absolute Gasteiger partial charge is 0.254 e. The quantitative estimate of drug-likeness (QED) is 0.941. The summed E-state index contributed by atoms with van der Waals surface area (Å²) in [6.07, 6.45) is 1.58. The minimum atomic E-state index is -0.373. The normalized spacial score (nSPS) is 16.9. The van der Waals surface area contributed by atoms with Gasteiger partial charge in [-0.05, 0) is 37.5 Å². The Bertz CT molecular complexity index is 710. The standard InChI is InChI=1S/C20H22N2O2/c1-15-9-11-17(12-10-15)20(24)22-13-5-8-18(22)19(23)21-14-16-6-3-2-4-7-16/h2-4,6-7,9-12,18H,5,8,13-14H2,1H3,(H,21,23)/t18-/m1/s1. The van der Waals surface area contributed by atoms with Crippen molar-refractivity contribution in [3.8, 4) is 0 Å². The van der Waals surface area contributed by atoms with Gasteiger partial charge in [0.15, 0.2) is 0 Å². The molecule has 3 rings (SSSR count). The second-order valence-corrected chi connectivity index (χ2v) is 6.23. The predicted molar refractivity (Wildman–Crippen MR) is 93.5 cm³/mol. The summed E-state index contributed by atoms with van der Waals surface area (Å²) in [5.41, 5.74) is 2.81. The zero-order chi connectivity index (χ0) is 16.9. The number of rotatable bonds is 4. The molecule has 4 heteroatoms. The Morgan fingerprint density at radius 1 is 1.08 bits per heavy atom. The number of nitrogens with one attached hydrogen (secondary N) is 1. The molecule has 1 fully saturated rings. The third-order valence-corrected chi connectivity index (χ3v) is 4.42. The topological polar surface area (TPSA) is 49.4 Å². The maximum atomic E-state index is 12.7. The van der Waals surface area contributed by atoms with Crippen molar-refractivity contribution in [1.82, 2.24) is 10.2 Å². The molecule has 2 aromatic rings. The van der Waals surface area contributed by atoms with Crippen LogP contribution in [0.5, 0.6) is 0 Å². The lowest BCUT2D eigenvalue weighted by molar-refractivity contribution is -0.125. The molecule has 124 valence electrons. The molecular formula is C20H22N2O2. The second-order valence-electron chi connectivity index (χ2n) is 6.23. The SMILES string of the molecule is Cc1ccc(C(=O)N2CCC[C@@H]2C(=O)NCc2ccccc2)cc1. The number of hydrogen-bond donors (Lipinski definition) is 1. The van der Waals surface area contributed by atoms with E-state index in [9.17, 15) is 9.59 Å². The first kappa shape index (κ1) is 16.2. The molecule has 0 bridgehead atoms. The Kier molecular flexibility index (Phi) is 4.94. The molecule has 1 N–H and O–H groups in total. The van der Waals surface area contributed by atoms with Gasteiger partial charge in [-0.1, -0.05) is 48.0 Å². The summed E-state index contributed by atoms with van der Waals surface area (Å²) in [6.45, 7) is 3.11. The van der Waals surface area contributed by atoms with Crippen LogP contribution >= 0.6 is 0 Å². The summed E-state index contributed by atoms with van der Waals surface area (Å²) in [5, 5.41) is 2.95. The van der Waals surface area contributed by atoms with E-state index in [1.165, 1.54) is 0 Å². The van der Waals surface area contributed by atoms with E-state index in [1.54, 1.807) is 4.90 Å². The first-order chi connectivity index (χ1) is 11.6. The van der Waals surface area contributed by atoms with E-state index in [1.807, 2.05) is 61.5 Å². The van der Waals surface area contributed by atoms with E-state index in [0.29, 0.717) is 18.7 Å². The fourth-order valence-electron chi connectivity index (χ4n) is 3.05. The Morgan fingerprint density at radius 3 is 2.50 bits per heavy atom. The molecule has 0 aromatic heterocycles. The van der Waals surface area contributed by atoms with Crippen LogP contribution < -0.4 is 5.32 Å². The van der Waals surface area contributed by atoms with Crippen LogP contribution in [0.4, 0.5) is 0 Å². The van der Waals surface area contributed by atoms with E-state index in [-0.39, 0.29) is 17.9 Å². The van der Waals surface area contributed by atoms with E-state index < -0.39 is 0 Å². The summed E-state index contributed by atoms with van der Waals surface area (Å²) in [7, 11) is 0. The highest BCUT2D eigenvalue weighted by Gasteiger charge is 2.34. The van der Waals surface area contributed by atoms with Crippen molar-refractivity contribution < 1.29 is 9.59 Å². The highest BCUT2D eigenvalue weighted by molar-refractivity contribution is 5.98. The van der Waals surface area contributed by atoms with E-state index in [2.05, 4.69) is 5.32 Å². The van der Waals surface area contributed by atoms with Crippen LogP contribution in [0.25, 0.3) is 0 Å². The average Bonchev–Trinajstić information content (AvgIpc) is 3.10. The van der Waals surface area contributed by atoms with Crippen molar-refractivity contribution in [2.75, 3.05) is 6.54 Å². The van der Waals surface area contributed by atoms with Crippen molar-refractivity contribution in [3.63, 3.8) is 0 Å². The van der Waals surface area contributed by atoms with Gasteiger partial charge in [0.2, 0.25) is 5.91 Å². The van der Waals surface area contributed by atoms with Crippen molar-refractivity contribution >= 4 is 11.8 Å². The lowest BCUT2D eigenvalue weighted by Gasteiger charge is -2.24. The lowest BCUT2D eigenvalue weighted by Crippen LogP contribution is -2.45. The lowest BCUT2D eigenvalue weighted by atomic mass is 10.1. The van der Waals surface area contributed by atoms with Crippen LogP contribution in [0.1, 0.15) is 34.3 Å². The second kappa shape index (κ2) is 7.30. The number of hydrogen-bond acceptors (Lipinski definition) is 2. The largest absolute Gasteiger partial charge is 0.350 e. The monoisotopic (exact) mass is 322 g/mol.